The molecule has 0 bridgehead atoms. The van der Waals surface area contributed by atoms with Gasteiger partial charge in [-0.15, -0.1) is 0 Å². The number of amides is 1. The van der Waals surface area contributed by atoms with E-state index in [9.17, 15) is 4.79 Å². The number of aryl methyl sites for hydroxylation is 2. The summed E-state index contributed by atoms with van der Waals surface area (Å²) in [6, 6.07) is 5.10. The van der Waals surface area contributed by atoms with E-state index in [1.165, 1.54) is 6.20 Å². The summed E-state index contributed by atoms with van der Waals surface area (Å²) in [6.45, 7) is 3.65. The van der Waals surface area contributed by atoms with E-state index in [2.05, 4.69) is 15.3 Å². The van der Waals surface area contributed by atoms with Gasteiger partial charge < -0.3 is 5.32 Å². The molecule has 0 saturated heterocycles. The van der Waals surface area contributed by atoms with E-state index >= 15 is 0 Å². The maximum atomic E-state index is 12.0. The number of anilines is 1. The van der Waals surface area contributed by atoms with Crippen LogP contribution in [0.1, 0.15) is 21.6 Å². The molecule has 0 spiro atoms. The Hall–Kier alpha value is -1.65. The summed E-state index contributed by atoms with van der Waals surface area (Å²) in [5.41, 5.74) is 2.50. The number of carbonyl (C=O) groups excluding carboxylic acids is 1. The van der Waals surface area contributed by atoms with Crippen LogP contribution in [0.2, 0.25) is 10.3 Å². The Bertz CT molecular complexity index is 603. The van der Waals surface area contributed by atoms with Crippen LogP contribution in [-0.4, -0.2) is 15.9 Å². The highest BCUT2D eigenvalue weighted by Gasteiger charge is 2.12. The molecule has 6 heteroatoms. The van der Waals surface area contributed by atoms with Crippen molar-refractivity contribution >= 4 is 34.8 Å². The standard InChI is InChI=1S/C13H11Cl2N3O/c1-7-5-10(14)17-12(15)11(7)18-13(19)9-4-3-8(2)16-6-9/h3-6H,1-2H3,(H,18,19). The van der Waals surface area contributed by atoms with Crippen molar-refractivity contribution in [3.05, 3.63) is 51.5 Å². The molecule has 0 radical (unpaired) electrons. The molecule has 4 nitrogen and oxygen atoms in total. The number of rotatable bonds is 2. The Morgan fingerprint density at radius 1 is 1.26 bits per heavy atom. The second-order valence-electron chi connectivity index (χ2n) is 4.07. The zero-order valence-corrected chi connectivity index (χ0v) is 11.9. The third-order valence-electron chi connectivity index (χ3n) is 2.55. The lowest BCUT2D eigenvalue weighted by Crippen LogP contribution is -2.14. The van der Waals surface area contributed by atoms with Crippen molar-refractivity contribution in [1.29, 1.82) is 0 Å². The number of hydrogen-bond acceptors (Lipinski definition) is 3. The maximum absolute atomic E-state index is 12.0. The molecule has 98 valence electrons. The van der Waals surface area contributed by atoms with Crippen LogP contribution in [0.3, 0.4) is 0 Å². The Kier molecular flexibility index (Phi) is 4.02. The molecular formula is C13H11Cl2N3O. The van der Waals surface area contributed by atoms with Crippen molar-refractivity contribution in [1.82, 2.24) is 9.97 Å². The van der Waals surface area contributed by atoms with E-state index in [0.717, 1.165) is 11.3 Å². The third-order valence-corrected chi connectivity index (χ3v) is 3.02. The number of aromatic nitrogens is 2. The first kappa shape index (κ1) is 13.8. The van der Waals surface area contributed by atoms with E-state index in [-0.39, 0.29) is 16.2 Å². The lowest BCUT2D eigenvalue weighted by molar-refractivity contribution is 0.102. The van der Waals surface area contributed by atoms with Crippen LogP contribution >= 0.6 is 23.2 Å². The summed E-state index contributed by atoms with van der Waals surface area (Å²) in [5.74, 6) is -0.290. The molecule has 0 unspecified atom stereocenters. The number of nitrogens with one attached hydrogen (secondary N) is 1. The molecule has 2 heterocycles. The van der Waals surface area contributed by atoms with Gasteiger partial charge in [-0.2, -0.15) is 0 Å². The molecule has 0 fully saturated rings. The van der Waals surface area contributed by atoms with Gasteiger partial charge in [0.1, 0.15) is 5.15 Å². The molecule has 1 N–H and O–H groups in total. The molecule has 0 aliphatic rings. The fourth-order valence-electron chi connectivity index (χ4n) is 1.53. The largest absolute Gasteiger partial charge is 0.319 e. The zero-order chi connectivity index (χ0) is 14.0. The van der Waals surface area contributed by atoms with Crippen molar-refractivity contribution < 1.29 is 4.79 Å². The first-order valence-corrected chi connectivity index (χ1v) is 6.29. The van der Waals surface area contributed by atoms with Crippen LogP contribution < -0.4 is 5.32 Å². The predicted octanol–water partition coefficient (Wildman–Crippen LogP) is 3.65. The van der Waals surface area contributed by atoms with Crippen LogP contribution in [0.15, 0.2) is 24.4 Å². The fraction of sp³-hybridized carbons (Fsp3) is 0.154. The van der Waals surface area contributed by atoms with Gasteiger partial charge in [-0.25, -0.2) is 4.98 Å². The summed E-state index contributed by atoms with van der Waals surface area (Å²) >= 11 is 11.7. The summed E-state index contributed by atoms with van der Waals surface area (Å²) < 4.78 is 0. The Morgan fingerprint density at radius 3 is 2.58 bits per heavy atom. The van der Waals surface area contributed by atoms with E-state index in [1.54, 1.807) is 25.1 Å². The quantitative estimate of drug-likeness (QED) is 0.861. The molecule has 0 aliphatic carbocycles. The topological polar surface area (TPSA) is 54.9 Å². The monoisotopic (exact) mass is 295 g/mol. The second-order valence-corrected chi connectivity index (χ2v) is 4.82. The maximum Gasteiger partial charge on any atom is 0.257 e. The molecule has 0 saturated carbocycles. The van der Waals surface area contributed by atoms with Crippen LogP contribution in [0, 0.1) is 13.8 Å². The molecule has 19 heavy (non-hydrogen) atoms. The Labute approximate surface area is 120 Å². The number of pyridine rings is 2. The Morgan fingerprint density at radius 2 is 2.00 bits per heavy atom. The smallest absolute Gasteiger partial charge is 0.257 e. The minimum absolute atomic E-state index is 0.165. The van der Waals surface area contributed by atoms with Gasteiger partial charge >= 0.3 is 0 Å². The van der Waals surface area contributed by atoms with Crippen LogP contribution in [0.4, 0.5) is 5.69 Å². The zero-order valence-electron chi connectivity index (χ0n) is 10.4. The van der Waals surface area contributed by atoms with Gasteiger partial charge in [0.2, 0.25) is 0 Å². The summed E-state index contributed by atoms with van der Waals surface area (Å²) in [7, 11) is 0. The van der Waals surface area contributed by atoms with Crippen molar-refractivity contribution in [2.75, 3.05) is 5.32 Å². The minimum Gasteiger partial charge on any atom is -0.319 e. The number of carbonyl (C=O) groups is 1. The molecule has 0 aromatic carbocycles. The molecule has 2 aromatic heterocycles. The summed E-state index contributed by atoms with van der Waals surface area (Å²) in [5, 5.41) is 3.16. The lowest BCUT2D eigenvalue weighted by atomic mass is 10.2. The van der Waals surface area contributed by atoms with E-state index < -0.39 is 0 Å². The van der Waals surface area contributed by atoms with Gasteiger partial charge in [0.15, 0.2) is 5.15 Å². The highest BCUT2D eigenvalue weighted by molar-refractivity contribution is 6.35. The van der Waals surface area contributed by atoms with Crippen LogP contribution in [0.5, 0.6) is 0 Å². The first-order valence-electron chi connectivity index (χ1n) is 5.54. The minimum atomic E-state index is -0.290. The van der Waals surface area contributed by atoms with Crippen molar-refractivity contribution in [3.8, 4) is 0 Å². The molecule has 2 aromatic rings. The van der Waals surface area contributed by atoms with Crippen molar-refractivity contribution in [3.63, 3.8) is 0 Å². The number of hydrogen-bond donors (Lipinski definition) is 1. The second kappa shape index (κ2) is 5.55. The molecule has 2 rings (SSSR count). The molecular weight excluding hydrogens is 285 g/mol. The van der Waals surface area contributed by atoms with Gasteiger partial charge in [-0.3, -0.25) is 9.78 Å². The Balaban J connectivity index is 2.26. The normalized spacial score (nSPS) is 10.3. The van der Waals surface area contributed by atoms with Crippen molar-refractivity contribution in [2.24, 2.45) is 0 Å². The fourth-order valence-corrected chi connectivity index (χ4v) is 2.11. The number of nitrogens with zero attached hydrogens (tertiary/aromatic N) is 2. The van der Waals surface area contributed by atoms with Gasteiger partial charge in [-0.1, -0.05) is 23.2 Å². The SMILES string of the molecule is Cc1ccc(C(=O)Nc2c(C)cc(Cl)nc2Cl)cn1. The molecule has 0 atom stereocenters. The highest BCUT2D eigenvalue weighted by Crippen LogP contribution is 2.26. The average Bonchev–Trinajstić information content (AvgIpc) is 2.34. The lowest BCUT2D eigenvalue weighted by Gasteiger charge is -2.10. The van der Waals surface area contributed by atoms with E-state index in [4.69, 9.17) is 23.2 Å². The van der Waals surface area contributed by atoms with Gasteiger partial charge in [0.05, 0.1) is 11.3 Å². The predicted molar refractivity (Wildman–Crippen MR) is 75.9 cm³/mol. The van der Waals surface area contributed by atoms with E-state index in [0.29, 0.717) is 11.3 Å². The van der Waals surface area contributed by atoms with Gasteiger partial charge in [0.25, 0.3) is 5.91 Å². The van der Waals surface area contributed by atoms with E-state index in [1.807, 2.05) is 6.92 Å². The van der Waals surface area contributed by atoms with Gasteiger partial charge in [0, 0.05) is 11.9 Å². The van der Waals surface area contributed by atoms with Crippen LogP contribution in [0.25, 0.3) is 0 Å². The van der Waals surface area contributed by atoms with Crippen molar-refractivity contribution in [2.45, 2.75) is 13.8 Å². The van der Waals surface area contributed by atoms with Gasteiger partial charge in [-0.05, 0) is 37.6 Å². The first-order chi connectivity index (χ1) is 8.97. The molecule has 1 amide bonds. The third kappa shape index (κ3) is 3.22. The van der Waals surface area contributed by atoms with Crippen LogP contribution in [-0.2, 0) is 0 Å². The average molecular weight is 296 g/mol. The summed E-state index contributed by atoms with van der Waals surface area (Å²) in [4.78, 5) is 20.0. The highest BCUT2D eigenvalue weighted by atomic mass is 35.5. The summed E-state index contributed by atoms with van der Waals surface area (Å²) in [6.07, 6.45) is 1.51. The number of halogens is 2. The molecule has 0 aliphatic heterocycles.